The average Bonchev–Trinajstić information content (AvgIpc) is 2.46. The van der Waals surface area contributed by atoms with E-state index in [9.17, 15) is 14.0 Å². The standard InChI is InChI=1S/C13H13BrFNO2/c1-13(2)6-11(17)16(12(13)18)7-8-3-4-10(15)9(14)5-8/h3-5H,6-7H2,1-2H3. The largest absolute Gasteiger partial charge is 0.278 e. The van der Waals surface area contributed by atoms with Gasteiger partial charge in [-0.25, -0.2) is 4.39 Å². The Bertz CT molecular complexity index is 528. The molecule has 2 amide bonds. The highest BCUT2D eigenvalue weighted by atomic mass is 79.9. The summed E-state index contributed by atoms with van der Waals surface area (Å²) >= 11 is 3.08. The Hall–Kier alpha value is -1.23. The zero-order valence-corrected chi connectivity index (χ0v) is 11.8. The fourth-order valence-electron chi connectivity index (χ4n) is 2.01. The fraction of sp³-hybridized carbons (Fsp3) is 0.385. The van der Waals surface area contributed by atoms with Crippen molar-refractivity contribution in [1.29, 1.82) is 0 Å². The molecule has 1 saturated heterocycles. The SMILES string of the molecule is CC1(C)CC(=O)N(Cc2ccc(F)c(Br)c2)C1=O. The number of carbonyl (C=O) groups is 2. The maximum absolute atomic E-state index is 13.1. The van der Waals surface area contributed by atoms with Gasteiger partial charge in [-0.15, -0.1) is 0 Å². The van der Waals surface area contributed by atoms with Crippen molar-refractivity contribution in [3.63, 3.8) is 0 Å². The minimum absolute atomic E-state index is 0.173. The van der Waals surface area contributed by atoms with Crippen LogP contribution >= 0.6 is 15.9 Å². The zero-order chi connectivity index (χ0) is 13.5. The molecule has 0 bridgehead atoms. The van der Waals surface area contributed by atoms with Gasteiger partial charge >= 0.3 is 0 Å². The third-order valence-electron chi connectivity index (χ3n) is 3.04. The van der Waals surface area contributed by atoms with E-state index in [1.54, 1.807) is 26.0 Å². The third kappa shape index (κ3) is 2.32. The highest BCUT2D eigenvalue weighted by molar-refractivity contribution is 9.10. The van der Waals surface area contributed by atoms with Gasteiger partial charge in [0.1, 0.15) is 5.82 Å². The topological polar surface area (TPSA) is 37.4 Å². The Morgan fingerprint density at radius 2 is 2.06 bits per heavy atom. The van der Waals surface area contributed by atoms with E-state index in [0.29, 0.717) is 4.47 Å². The molecular weight excluding hydrogens is 301 g/mol. The Morgan fingerprint density at radius 1 is 1.39 bits per heavy atom. The van der Waals surface area contributed by atoms with Crippen LogP contribution in [0.25, 0.3) is 0 Å². The van der Waals surface area contributed by atoms with Crippen molar-refractivity contribution < 1.29 is 14.0 Å². The summed E-state index contributed by atoms with van der Waals surface area (Å²) in [4.78, 5) is 25.0. The van der Waals surface area contributed by atoms with Gasteiger partial charge in [0, 0.05) is 6.42 Å². The van der Waals surface area contributed by atoms with Crippen molar-refractivity contribution in [2.24, 2.45) is 5.41 Å². The molecule has 1 aromatic carbocycles. The summed E-state index contributed by atoms with van der Waals surface area (Å²) in [6, 6.07) is 4.47. The van der Waals surface area contributed by atoms with Crippen molar-refractivity contribution in [2.45, 2.75) is 26.8 Å². The lowest BCUT2D eigenvalue weighted by Gasteiger charge is -2.17. The molecule has 0 unspecified atom stereocenters. The first-order valence-corrected chi connectivity index (χ1v) is 6.39. The quantitative estimate of drug-likeness (QED) is 0.787. The molecule has 0 atom stereocenters. The summed E-state index contributed by atoms with van der Waals surface area (Å²) in [6.45, 7) is 3.71. The first-order valence-electron chi connectivity index (χ1n) is 5.60. The Labute approximate surface area is 113 Å². The highest BCUT2D eigenvalue weighted by Crippen LogP contribution is 2.32. The van der Waals surface area contributed by atoms with E-state index in [2.05, 4.69) is 15.9 Å². The van der Waals surface area contributed by atoms with Crippen LogP contribution in [0.5, 0.6) is 0 Å². The van der Waals surface area contributed by atoms with Crippen LogP contribution in [0.1, 0.15) is 25.8 Å². The third-order valence-corrected chi connectivity index (χ3v) is 3.65. The maximum Gasteiger partial charge on any atom is 0.235 e. The molecule has 0 saturated carbocycles. The molecular formula is C13H13BrFNO2. The summed E-state index contributed by atoms with van der Waals surface area (Å²) in [7, 11) is 0. The molecule has 96 valence electrons. The van der Waals surface area contributed by atoms with E-state index in [-0.39, 0.29) is 30.6 Å². The van der Waals surface area contributed by atoms with Crippen LogP contribution in [0, 0.1) is 11.2 Å². The van der Waals surface area contributed by atoms with Gasteiger partial charge in [-0.2, -0.15) is 0 Å². The van der Waals surface area contributed by atoms with Crippen LogP contribution in [0.4, 0.5) is 4.39 Å². The van der Waals surface area contributed by atoms with Crippen molar-refractivity contribution in [3.8, 4) is 0 Å². The van der Waals surface area contributed by atoms with Gasteiger partial charge in [-0.3, -0.25) is 14.5 Å². The number of amides is 2. The molecule has 18 heavy (non-hydrogen) atoms. The Kier molecular flexibility index (Phi) is 3.27. The van der Waals surface area contributed by atoms with Crippen LogP contribution in [0.15, 0.2) is 22.7 Å². The van der Waals surface area contributed by atoms with Crippen LogP contribution < -0.4 is 0 Å². The van der Waals surface area contributed by atoms with Crippen molar-refractivity contribution in [2.75, 3.05) is 0 Å². The van der Waals surface area contributed by atoms with Crippen molar-refractivity contribution in [1.82, 2.24) is 4.90 Å². The van der Waals surface area contributed by atoms with Gasteiger partial charge in [0.2, 0.25) is 11.8 Å². The normalized spacial score (nSPS) is 18.6. The van der Waals surface area contributed by atoms with Crippen LogP contribution in [-0.4, -0.2) is 16.7 Å². The van der Waals surface area contributed by atoms with Crippen LogP contribution in [-0.2, 0) is 16.1 Å². The predicted molar refractivity (Wildman–Crippen MR) is 68.1 cm³/mol. The minimum atomic E-state index is -0.631. The second kappa shape index (κ2) is 4.46. The van der Waals surface area contributed by atoms with Crippen molar-refractivity contribution in [3.05, 3.63) is 34.1 Å². The number of nitrogens with zero attached hydrogens (tertiary/aromatic N) is 1. The lowest BCUT2D eigenvalue weighted by atomic mass is 9.92. The summed E-state index contributed by atoms with van der Waals surface area (Å²) in [5.74, 6) is -0.712. The number of likely N-dealkylation sites (tertiary alicyclic amines) is 1. The van der Waals surface area contributed by atoms with Crippen LogP contribution in [0.3, 0.4) is 0 Å². The van der Waals surface area contributed by atoms with E-state index in [4.69, 9.17) is 0 Å². The first-order chi connectivity index (χ1) is 8.31. The Balaban J connectivity index is 2.22. The molecule has 1 aliphatic rings. The van der Waals surface area contributed by atoms with Gasteiger partial charge < -0.3 is 0 Å². The van der Waals surface area contributed by atoms with Crippen LogP contribution in [0.2, 0.25) is 0 Å². The molecule has 1 heterocycles. The van der Waals surface area contributed by atoms with E-state index >= 15 is 0 Å². The molecule has 1 fully saturated rings. The summed E-state index contributed by atoms with van der Waals surface area (Å²) < 4.78 is 13.4. The van der Waals surface area contributed by atoms with Gasteiger partial charge in [0.05, 0.1) is 16.4 Å². The molecule has 0 aliphatic carbocycles. The molecule has 0 spiro atoms. The second-order valence-electron chi connectivity index (χ2n) is 5.09. The number of carbonyl (C=O) groups excluding carboxylic acids is 2. The molecule has 5 heteroatoms. The molecule has 1 aromatic rings. The Morgan fingerprint density at radius 3 is 2.56 bits per heavy atom. The lowest BCUT2D eigenvalue weighted by molar-refractivity contribution is -0.141. The van der Waals surface area contributed by atoms with E-state index in [1.807, 2.05) is 0 Å². The molecule has 0 aromatic heterocycles. The van der Waals surface area contributed by atoms with E-state index in [0.717, 1.165) is 5.56 Å². The molecule has 0 N–H and O–H groups in total. The average molecular weight is 314 g/mol. The van der Waals surface area contributed by atoms with Crippen molar-refractivity contribution >= 4 is 27.7 Å². The molecule has 0 radical (unpaired) electrons. The molecule has 1 aliphatic heterocycles. The molecule has 3 nitrogen and oxygen atoms in total. The minimum Gasteiger partial charge on any atom is -0.278 e. The predicted octanol–water partition coefficient (Wildman–Crippen LogP) is 2.87. The lowest BCUT2D eigenvalue weighted by Crippen LogP contribution is -2.32. The van der Waals surface area contributed by atoms with Gasteiger partial charge in [0.25, 0.3) is 0 Å². The van der Waals surface area contributed by atoms with E-state index < -0.39 is 5.41 Å². The smallest absolute Gasteiger partial charge is 0.235 e. The number of hydrogen-bond donors (Lipinski definition) is 0. The molecule has 2 rings (SSSR count). The summed E-state index contributed by atoms with van der Waals surface area (Å²) in [6.07, 6.45) is 0.230. The highest BCUT2D eigenvalue weighted by Gasteiger charge is 2.44. The number of halogens is 2. The second-order valence-corrected chi connectivity index (χ2v) is 5.95. The number of hydrogen-bond acceptors (Lipinski definition) is 2. The summed E-state index contributed by atoms with van der Waals surface area (Å²) in [5, 5.41) is 0. The maximum atomic E-state index is 13.1. The monoisotopic (exact) mass is 313 g/mol. The van der Waals surface area contributed by atoms with Gasteiger partial charge in [-0.1, -0.05) is 19.9 Å². The van der Waals surface area contributed by atoms with Gasteiger partial charge in [-0.05, 0) is 33.6 Å². The van der Waals surface area contributed by atoms with E-state index in [1.165, 1.54) is 11.0 Å². The summed E-state index contributed by atoms with van der Waals surface area (Å²) in [5.41, 5.74) is 0.0941. The fourth-order valence-corrected chi connectivity index (χ4v) is 2.43. The number of benzene rings is 1. The first kappa shape index (κ1) is 13.2. The number of rotatable bonds is 2. The number of imide groups is 1. The zero-order valence-electron chi connectivity index (χ0n) is 10.2. The van der Waals surface area contributed by atoms with Gasteiger partial charge in [0.15, 0.2) is 0 Å².